The molecule has 1 nitrogen and oxygen atoms in total. The number of thiol groups is 1. The lowest BCUT2D eigenvalue weighted by molar-refractivity contribution is -0.118. The van der Waals surface area contributed by atoms with E-state index in [0.29, 0.717) is 12.2 Å². The van der Waals surface area contributed by atoms with E-state index in [2.05, 4.69) is 12.6 Å². The molecule has 0 amide bonds. The van der Waals surface area contributed by atoms with Gasteiger partial charge in [0.05, 0.1) is 4.58 Å². The molecule has 0 aromatic heterocycles. The van der Waals surface area contributed by atoms with Crippen molar-refractivity contribution in [3.63, 3.8) is 0 Å². The maximum atomic E-state index is 10.6. The Morgan fingerprint density at radius 3 is 2.88 bits per heavy atom. The molecular weight excluding hydrogens is 140 g/mol. The molecule has 1 aliphatic rings. The fourth-order valence-electron chi connectivity index (χ4n) is 0.665. The number of carbonyl (C=O) groups excluding carboxylic acids is 1. The fraction of sp³-hybridized carbons (Fsp3) is 0.800. The van der Waals surface area contributed by atoms with Gasteiger partial charge in [0.1, 0.15) is 5.78 Å². The summed E-state index contributed by atoms with van der Waals surface area (Å²) in [5.41, 5.74) is 0. The van der Waals surface area contributed by atoms with Crippen LogP contribution in [-0.4, -0.2) is 16.1 Å². The fourth-order valence-corrected chi connectivity index (χ4v) is 2.11. The van der Waals surface area contributed by atoms with Gasteiger partial charge in [0.2, 0.25) is 0 Å². The number of hydrogen-bond donors (Lipinski definition) is 1. The quantitative estimate of drug-likeness (QED) is 0.522. The highest BCUT2D eigenvalue weighted by Crippen LogP contribution is 2.24. The van der Waals surface area contributed by atoms with Crippen LogP contribution in [0.5, 0.6) is 0 Å². The summed E-state index contributed by atoms with van der Waals surface area (Å²) in [6, 6.07) is 0. The van der Waals surface area contributed by atoms with Crippen LogP contribution in [0.25, 0.3) is 0 Å². The molecule has 3 heteroatoms. The molecule has 1 heterocycles. The Morgan fingerprint density at radius 2 is 2.50 bits per heavy atom. The molecule has 46 valence electrons. The number of ketones is 1. The minimum atomic E-state index is 0.274. The molecule has 1 aliphatic heterocycles. The van der Waals surface area contributed by atoms with Crippen LogP contribution < -0.4 is 0 Å². The van der Waals surface area contributed by atoms with Gasteiger partial charge in [-0.25, -0.2) is 0 Å². The predicted octanol–water partition coefficient (Wildman–Crippen LogP) is 1.34. The van der Waals surface area contributed by atoms with Crippen LogP contribution in [0.2, 0.25) is 0 Å². The molecule has 0 N–H and O–H groups in total. The minimum Gasteiger partial charge on any atom is -0.300 e. The van der Waals surface area contributed by atoms with Crippen LogP contribution in [0.1, 0.15) is 12.8 Å². The summed E-state index contributed by atoms with van der Waals surface area (Å²) in [5, 5.41) is 0. The number of thioether (sulfide) groups is 1. The SMILES string of the molecule is O=C1CCSC(S)C1. The first-order valence-corrected chi connectivity index (χ1v) is 4.17. The van der Waals surface area contributed by atoms with Gasteiger partial charge in [0, 0.05) is 18.6 Å². The monoisotopic (exact) mass is 148 g/mol. The van der Waals surface area contributed by atoms with Crippen molar-refractivity contribution in [2.75, 3.05) is 5.75 Å². The lowest BCUT2D eigenvalue weighted by atomic mass is 10.2. The zero-order valence-corrected chi connectivity index (χ0v) is 6.17. The van der Waals surface area contributed by atoms with Crippen molar-refractivity contribution in [1.29, 1.82) is 0 Å². The van der Waals surface area contributed by atoms with Gasteiger partial charge in [-0.15, -0.1) is 11.8 Å². The first kappa shape index (κ1) is 6.49. The van der Waals surface area contributed by atoms with Gasteiger partial charge >= 0.3 is 0 Å². The third-order valence-corrected chi connectivity index (χ3v) is 2.71. The summed E-state index contributed by atoms with van der Waals surface area (Å²) in [6.07, 6.45) is 1.41. The molecule has 1 unspecified atom stereocenters. The third kappa shape index (κ3) is 1.71. The van der Waals surface area contributed by atoms with Crippen molar-refractivity contribution in [1.82, 2.24) is 0 Å². The predicted molar refractivity (Wildman–Crippen MR) is 39.5 cm³/mol. The second kappa shape index (κ2) is 2.78. The molecule has 1 fully saturated rings. The van der Waals surface area contributed by atoms with Gasteiger partial charge in [-0.1, -0.05) is 0 Å². The maximum absolute atomic E-state index is 10.6. The molecule has 1 atom stereocenters. The Morgan fingerprint density at radius 1 is 1.75 bits per heavy atom. The van der Waals surface area contributed by atoms with Crippen LogP contribution >= 0.6 is 24.4 Å². The van der Waals surface area contributed by atoms with Crippen molar-refractivity contribution in [2.24, 2.45) is 0 Å². The van der Waals surface area contributed by atoms with Crippen LogP contribution in [-0.2, 0) is 4.79 Å². The second-order valence-corrected chi connectivity index (χ2v) is 4.10. The van der Waals surface area contributed by atoms with Gasteiger partial charge in [-0.05, 0) is 0 Å². The van der Waals surface area contributed by atoms with E-state index in [-0.39, 0.29) is 4.58 Å². The van der Waals surface area contributed by atoms with E-state index < -0.39 is 0 Å². The summed E-state index contributed by atoms with van der Waals surface area (Å²) in [4.78, 5) is 10.6. The van der Waals surface area contributed by atoms with E-state index in [1.54, 1.807) is 11.8 Å². The van der Waals surface area contributed by atoms with E-state index in [1.807, 2.05) is 0 Å². The Labute approximate surface area is 58.6 Å². The lowest BCUT2D eigenvalue weighted by Gasteiger charge is -2.13. The molecule has 0 aromatic rings. The molecule has 0 bridgehead atoms. The highest BCUT2D eigenvalue weighted by molar-refractivity contribution is 8.10. The van der Waals surface area contributed by atoms with E-state index in [9.17, 15) is 4.79 Å². The highest BCUT2D eigenvalue weighted by atomic mass is 32.2. The summed E-state index contributed by atoms with van der Waals surface area (Å²) in [6.45, 7) is 0. The summed E-state index contributed by atoms with van der Waals surface area (Å²) in [5.74, 6) is 1.33. The van der Waals surface area contributed by atoms with Crippen LogP contribution in [0.15, 0.2) is 0 Å². The molecule has 1 saturated heterocycles. The van der Waals surface area contributed by atoms with Gasteiger partial charge in [0.25, 0.3) is 0 Å². The average molecular weight is 148 g/mol. The number of carbonyl (C=O) groups is 1. The van der Waals surface area contributed by atoms with Crippen LogP contribution in [0, 0.1) is 0 Å². The normalized spacial score (nSPS) is 30.6. The van der Waals surface area contributed by atoms with E-state index in [0.717, 1.165) is 12.2 Å². The summed E-state index contributed by atoms with van der Waals surface area (Å²) < 4.78 is 0.274. The van der Waals surface area contributed by atoms with Gasteiger partial charge in [-0.2, -0.15) is 12.6 Å². The zero-order chi connectivity index (χ0) is 5.98. The number of hydrogen-bond acceptors (Lipinski definition) is 3. The molecule has 0 spiro atoms. The van der Waals surface area contributed by atoms with Crippen LogP contribution in [0.3, 0.4) is 0 Å². The smallest absolute Gasteiger partial charge is 0.135 e. The lowest BCUT2D eigenvalue weighted by Crippen LogP contribution is -2.12. The Balaban J connectivity index is 2.34. The second-order valence-electron chi connectivity index (χ2n) is 1.82. The standard InChI is InChI=1S/C5H8OS2/c6-4-1-2-8-5(7)3-4/h5,7H,1-3H2. The maximum Gasteiger partial charge on any atom is 0.135 e. The zero-order valence-electron chi connectivity index (χ0n) is 4.46. The molecular formula is C5H8OS2. The highest BCUT2D eigenvalue weighted by Gasteiger charge is 2.15. The summed E-state index contributed by atoms with van der Waals surface area (Å²) >= 11 is 5.93. The van der Waals surface area contributed by atoms with Crippen molar-refractivity contribution < 1.29 is 4.79 Å². The Kier molecular flexibility index (Phi) is 2.26. The number of Topliss-reactive ketones (excluding diaryl/α,β-unsaturated/α-hetero) is 1. The molecule has 1 rings (SSSR count). The van der Waals surface area contributed by atoms with Crippen molar-refractivity contribution in [3.05, 3.63) is 0 Å². The topological polar surface area (TPSA) is 17.1 Å². The molecule has 8 heavy (non-hydrogen) atoms. The minimum absolute atomic E-state index is 0.274. The Bertz CT molecular complexity index is 103. The van der Waals surface area contributed by atoms with Gasteiger partial charge in [-0.3, -0.25) is 4.79 Å². The van der Waals surface area contributed by atoms with E-state index in [1.165, 1.54) is 0 Å². The van der Waals surface area contributed by atoms with Gasteiger partial charge < -0.3 is 0 Å². The Hall–Kier alpha value is 0.370. The molecule has 0 radical (unpaired) electrons. The van der Waals surface area contributed by atoms with Crippen molar-refractivity contribution >= 4 is 30.2 Å². The summed E-state index contributed by atoms with van der Waals surface area (Å²) in [7, 11) is 0. The first-order valence-electron chi connectivity index (χ1n) is 2.60. The molecule has 0 saturated carbocycles. The van der Waals surface area contributed by atoms with E-state index in [4.69, 9.17) is 0 Å². The molecule has 0 aliphatic carbocycles. The van der Waals surface area contributed by atoms with Crippen molar-refractivity contribution in [2.45, 2.75) is 17.4 Å². The average Bonchev–Trinajstić information content (AvgIpc) is 1.64. The molecule has 0 aromatic carbocycles. The van der Waals surface area contributed by atoms with Crippen LogP contribution in [0.4, 0.5) is 0 Å². The van der Waals surface area contributed by atoms with Gasteiger partial charge in [0.15, 0.2) is 0 Å². The van der Waals surface area contributed by atoms with E-state index >= 15 is 0 Å². The van der Waals surface area contributed by atoms with Crippen molar-refractivity contribution in [3.8, 4) is 0 Å². The third-order valence-electron chi connectivity index (χ3n) is 1.09. The first-order chi connectivity index (χ1) is 3.79. The largest absolute Gasteiger partial charge is 0.300 e. The number of rotatable bonds is 0.